The van der Waals surface area contributed by atoms with Gasteiger partial charge in [0, 0.05) is 6.54 Å². The summed E-state index contributed by atoms with van der Waals surface area (Å²) in [6, 6.07) is 7.24. The van der Waals surface area contributed by atoms with E-state index in [0.29, 0.717) is 5.56 Å². The van der Waals surface area contributed by atoms with E-state index in [2.05, 4.69) is 4.90 Å². The minimum absolute atomic E-state index is 0.388. The number of hydrogen-bond donors (Lipinski definition) is 1. The zero-order valence-electron chi connectivity index (χ0n) is 9.35. The van der Waals surface area contributed by atoms with Crippen molar-refractivity contribution in [1.29, 1.82) is 0 Å². The molecule has 0 aliphatic carbocycles. The molecule has 0 aromatic heterocycles. The van der Waals surface area contributed by atoms with E-state index in [1.165, 1.54) is 25.9 Å². The summed E-state index contributed by atoms with van der Waals surface area (Å²) in [5.74, 6) is -0.844. The fraction of sp³-hybridized carbons (Fsp3) is 0.462. The second-order valence-corrected chi connectivity index (χ2v) is 4.30. The zero-order chi connectivity index (χ0) is 11.4. The molecule has 1 fully saturated rings. The van der Waals surface area contributed by atoms with Crippen LogP contribution in [0.2, 0.25) is 0 Å². The first-order valence-corrected chi connectivity index (χ1v) is 5.80. The first-order chi connectivity index (χ1) is 7.75. The third-order valence-electron chi connectivity index (χ3n) is 3.09. The summed E-state index contributed by atoms with van der Waals surface area (Å²) in [7, 11) is 0. The van der Waals surface area contributed by atoms with Crippen molar-refractivity contribution in [2.24, 2.45) is 0 Å². The maximum atomic E-state index is 10.8. The minimum Gasteiger partial charge on any atom is -0.478 e. The van der Waals surface area contributed by atoms with Gasteiger partial charge in [0.05, 0.1) is 5.56 Å². The van der Waals surface area contributed by atoms with Crippen molar-refractivity contribution in [3.8, 4) is 0 Å². The van der Waals surface area contributed by atoms with Gasteiger partial charge >= 0.3 is 5.97 Å². The molecule has 1 aliphatic rings. The molecule has 0 atom stereocenters. The van der Waals surface area contributed by atoms with E-state index in [1.807, 2.05) is 12.1 Å². The van der Waals surface area contributed by atoms with Crippen LogP contribution >= 0.6 is 0 Å². The molecule has 0 saturated carbocycles. The zero-order valence-corrected chi connectivity index (χ0v) is 9.35. The fourth-order valence-corrected chi connectivity index (χ4v) is 2.15. The summed E-state index contributed by atoms with van der Waals surface area (Å²) in [5, 5.41) is 8.88. The van der Waals surface area contributed by atoms with E-state index >= 15 is 0 Å². The van der Waals surface area contributed by atoms with Crippen LogP contribution in [0.3, 0.4) is 0 Å². The number of carboxylic acids is 1. The highest BCUT2D eigenvalue weighted by Gasteiger charge is 2.11. The number of carboxylic acid groups (broad SMARTS) is 1. The lowest BCUT2D eigenvalue weighted by Crippen LogP contribution is -2.21. The lowest BCUT2D eigenvalue weighted by Gasteiger charge is -2.14. The van der Waals surface area contributed by atoms with Crippen molar-refractivity contribution >= 4 is 5.97 Å². The summed E-state index contributed by atoms with van der Waals surface area (Å²) in [4.78, 5) is 13.2. The summed E-state index contributed by atoms with van der Waals surface area (Å²) in [6.45, 7) is 3.43. The Labute approximate surface area is 95.7 Å². The molecule has 0 spiro atoms. The highest BCUT2D eigenvalue weighted by Crippen LogP contribution is 2.10. The van der Waals surface area contributed by atoms with Gasteiger partial charge in [-0.3, -0.25) is 0 Å². The van der Waals surface area contributed by atoms with Crippen LogP contribution in [0.1, 0.15) is 28.8 Å². The van der Waals surface area contributed by atoms with Gasteiger partial charge in [-0.05, 0) is 50.0 Å². The number of rotatable bonds is 4. The standard InChI is InChI=1S/C13H17NO2/c15-13(16)12-5-3-4-11(10-12)6-9-14-7-1-2-8-14/h3-5,10H,1-2,6-9H2,(H,15,16). The maximum absolute atomic E-state index is 10.8. The van der Waals surface area contributed by atoms with E-state index < -0.39 is 5.97 Å². The van der Waals surface area contributed by atoms with Crippen LogP contribution in [0.4, 0.5) is 0 Å². The summed E-state index contributed by atoms with van der Waals surface area (Å²) in [6.07, 6.45) is 3.55. The Bertz CT molecular complexity index is 370. The molecule has 1 saturated heterocycles. The molecule has 1 heterocycles. The van der Waals surface area contributed by atoms with Crippen LogP contribution < -0.4 is 0 Å². The third kappa shape index (κ3) is 2.83. The van der Waals surface area contributed by atoms with Gasteiger partial charge < -0.3 is 10.0 Å². The number of nitrogens with zero attached hydrogens (tertiary/aromatic N) is 1. The molecule has 1 N–H and O–H groups in total. The molecule has 1 aromatic carbocycles. The summed E-state index contributed by atoms with van der Waals surface area (Å²) < 4.78 is 0. The molecule has 0 radical (unpaired) electrons. The fourth-order valence-electron chi connectivity index (χ4n) is 2.15. The summed E-state index contributed by atoms with van der Waals surface area (Å²) in [5.41, 5.74) is 1.51. The molecule has 86 valence electrons. The lowest BCUT2D eigenvalue weighted by atomic mass is 10.1. The second-order valence-electron chi connectivity index (χ2n) is 4.30. The van der Waals surface area contributed by atoms with E-state index in [-0.39, 0.29) is 0 Å². The first-order valence-electron chi connectivity index (χ1n) is 5.80. The van der Waals surface area contributed by atoms with Gasteiger partial charge in [-0.15, -0.1) is 0 Å². The van der Waals surface area contributed by atoms with Gasteiger partial charge in [-0.1, -0.05) is 12.1 Å². The third-order valence-corrected chi connectivity index (χ3v) is 3.09. The van der Waals surface area contributed by atoms with Crippen molar-refractivity contribution in [2.75, 3.05) is 19.6 Å². The Hall–Kier alpha value is -1.35. The van der Waals surface area contributed by atoms with Crippen LogP contribution in [-0.2, 0) is 6.42 Å². The van der Waals surface area contributed by atoms with E-state index in [1.54, 1.807) is 12.1 Å². The normalized spacial score (nSPS) is 16.5. The van der Waals surface area contributed by atoms with Crippen molar-refractivity contribution in [1.82, 2.24) is 4.90 Å². The minimum atomic E-state index is -0.844. The average molecular weight is 219 g/mol. The van der Waals surface area contributed by atoms with Crippen molar-refractivity contribution in [3.05, 3.63) is 35.4 Å². The van der Waals surface area contributed by atoms with Crippen molar-refractivity contribution in [2.45, 2.75) is 19.3 Å². The SMILES string of the molecule is O=C(O)c1cccc(CCN2CCCC2)c1. The molecular weight excluding hydrogens is 202 g/mol. The Morgan fingerprint density at radius 2 is 2.06 bits per heavy atom. The Morgan fingerprint density at radius 1 is 1.31 bits per heavy atom. The largest absolute Gasteiger partial charge is 0.478 e. The van der Waals surface area contributed by atoms with E-state index in [0.717, 1.165) is 18.5 Å². The van der Waals surface area contributed by atoms with Crippen LogP contribution in [0.25, 0.3) is 0 Å². The van der Waals surface area contributed by atoms with Crippen molar-refractivity contribution in [3.63, 3.8) is 0 Å². The van der Waals surface area contributed by atoms with Crippen LogP contribution in [0.15, 0.2) is 24.3 Å². The molecule has 1 aromatic rings. The highest BCUT2D eigenvalue weighted by atomic mass is 16.4. The van der Waals surface area contributed by atoms with Crippen LogP contribution in [-0.4, -0.2) is 35.6 Å². The number of aromatic carboxylic acids is 1. The quantitative estimate of drug-likeness (QED) is 0.842. The number of likely N-dealkylation sites (tertiary alicyclic amines) is 1. The number of carbonyl (C=O) groups is 1. The van der Waals surface area contributed by atoms with Gasteiger partial charge in [-0.2, -0.15) is 0 Å². The monoisotopic (exact) mass is 219 g/mol. The van der Waals surface area contributed by atoms with Crippen LogP contribution in [0, 0.1) is 0 Å². The van der Waals surface area contributed by atoms with E-state index in [9.17, 15) is 4.79 Å². The van der Waals surface area contributed by atoms with Gasteiger partial charge in [0.1, 0.15) is 0 Å². The molecule has 1 aliphatic heterocycles. The molecule has 2 rings (SSSR count). The summed E-state index contributed by atoms with van der Waals surface area (Å²) >= 11 is 0. The maximum Gasteiger partial charge on any atom is 0.335 e. The number of hydrogen-bond acceptors (Lipinski definition) is 2. The van der Waals surface area contributed by atoms with Gasteiger partial charge in [0.25, 0.3) is 0 Å². The van der Waals surface area contributed by atoms with Gasteiger partial charge in [0.2, 0.25) is 0 Å². The average Bonchev–Trinajstić information content (AvgIpc) is 2.79. The Morgan fingerprint density at radius 3 is 2.75 bits per heavy atom. The van der Waals surface area contributed by atoms with Gasteiger partial charge in [-0.25, -0.2) is 4.79 Å². The molecule has 0 amide bonds. The first kappa shape index (κ1) is 11.1. The predicted molar refractivity (Wildman–Crippen MR) is 62.8 cm³/mol. The van der Waals surface area contributed by atoms with Crippen LogP contribution in [0.5, 0.6) is 0 Å². The topological polar surface area (TPSA) is 40.5 Å². The molecule has 16 heavy (non-hydrogen) atoms. The second kappa shape index (κ2) is 5.12. The predicted octanol–water partition coefficient (Wildman–Crippen LogP) is 2.02. The molecular formula is C13H17NO2. The number of benzene rings is 1. The smallest absolute Gasteiger partial charge is 0.335 e. The van der Waals surface area contributed by atoms with E-state index in [4.69, 9.17) is 5.11 Å². The molecule has 3 heteroatoms. The molecule has 0 unspecified atom stereocenters. The lowest BCUT2D eigenvalue weighted by molar-refractivity contribution is 0.0696. The van der Waals surface area contributed by atoms with Gasteiger partial charge in [0.15, 0.2) is 0 Å². The highest BCUT2D eigenvalue weighted by molar-refractivity contribution is 5.87. The molecule has 0 bridgehead atoms. The molecule has 3 nitrogen and oxygen atoms in total. The van der Waals surface area contributed by atoms with Crippen molar-refractivity contribution < 1.29 is 9.90 Å². The Balaban J connectivity index is 1.93. The Kier molecular flexibility index (Phi) is 3.57.